The normalized spacial score (nSPS) is 21.7. The maximum atomic E-state index is 9.55. The third-order valence-corrected chi connectivity index (χ3v) is 4.02. The summed E-state index contributed by atoms with van der Waals surface area (Å²) in [5.74, 6) is 0.942. The molecule has 2 aromatic rings. The number of nitrogens with zero attached hydrogens (tertiary/aromatic N) is 4. The molecule has 0 bridgehead atoms. The van der Waals surface area contributed by atoms with Gasteiger partial charge >= 0.3 is 0 Å². The summed E-state index contributed by atoms with van der Waals surface area (Å²) in [6.07, 6.45) is 1.58. The van der Waals surface area contributed by atoms with E-state index in [1.807, 2.05) is 37.4 Å². The largest absolute Gasteiger partial charge is 0.392 e. The smallest absolute Gasteiger partial charge is 0.147 e. The van der Waals surface area contributed by atoms with E-state index in [1.165, 1.54) is 0 Å². The molecule has 21 heavy (non-hydrogen) atoms. The lowest BCUT2D eigenvalue weighted by atomic mass is 10.1. The van der Waals surface area contributed by atoms with Crippen molar-refractivity contribution in [2.24, 2.45) is 0 Å². The number of aromatic nitrogens is 2. The first-order valence-electron chi connectivity index (χ1n) is 7.52. The van der Waals surface area contributed by atoms with E-state index in [9.17, 15) is 5.11 Å². The van der Waals surface area contributed by atoms with E-state index >= 15 is 0 Å². The van der Waals surface area contributed by atoms with Gasteiger partial charge in [0, 0.05) is 32.2 Å². The van der Waals surface area contributed by atoms with Gasteiger partial charge in [-0.2, -0.15) is 0 Å². The van der Waals surface area contributed by atoms with Crippen LogP contribution in [0.1, 0.15) is 13.8 Å². The van der Waals surface area contributed by atoms with Crippen molar-refractivity contribution in [2.45, 2.75) is 26.0 Å². The first-order valence-corrected chi connectivity index (χ1v) is 7.52. The number of benzene rings is 1. The van der Waals surface area contributed by atoms with Gasteiger partial charge in [0.05, 0.1) is 23.3 Å². The van der Waals surface area contributed by atoms with Gasteiger partial charge in [-0.25, -0.2) is 4.98 Å². The fraction of sp³-hybridized carbons (Fsp3) is 0.500. The Labute approximate surface area is 125 Å². The predicted molar refractivity (Wildman–Crippen MR) is 84.5 cm³/mol. The van der Waals surface area contributed by atoms with E-state index in [1.54, 1.807) is 0 Å². The van der Waals surface area contributed by atoms with Crippen LogP contribution in [0.4, 0.5) is 5.82 Å². The number of aliphatic hydroxyl groups excluding tert-OH is 1. The highest BCUT2D eigenvalue weighted by Gasteiger charge is 2.25. The quantitative estimate of drug-likeness (QED) is 0.927. The Balaban J connectivity index is 1.75. The lowest BCUT2D eigenvalue weighted by Crippen LogP contribution is -2.53. The number of para-hydroxylation sites is 2. The molecular weight excluding hydrogens is 264 g/mol. The summed E-state index contributed by atoms with van der Waals surface area (Å²) in [4.78, 5) is 13.8. The van der Waals surface area contributed by atoms with Crippen LogP contribution in [-0.4, -0.2) is 58.3 Å². The molecule has 3 rings (SSSR count). The average Bonchev–Trinajstić information content (AvgIpc) is 2.48. The highest BCUT2D eigenvalue weighted by atomic mass is 16.3. The lowest BCUT2D eigenvalue weighted by molar-refractivity contribution is 0.0959. The molecule has 5 heteroatoms. The molecule has 1 N–H and O–H groups in total. The zero-order valence-electron chi connectivity index (χ0n) is 12.6. The van der Waals surface area contributed by atoms with Crippen molar-refractivity contribution in [3.63, 3.8) is 0 Å². The summed E-state index contributed by atoms with van der Waals surface area (Å²) in [5, 5.41) is 9.55. The zero-order chi connectivity index (χ0) is 14.8. The molecule has 0 aliphatic carbocycles. The summed E-state index contributed by atoms with van der Waals surface area (Å²) in [6.45, 7) is 7.56. The molecule has 1 fully saturated rings. The Morgan fingerprint density at radius 2 is 2.05 bits per heavy atom. The topological polar surface area (TPSA) is 52.5 Å². The molecule has 1 saturated heterocycles. The number of anilines is 1. The number of hydrogen-bond donors (Lipinski definition) is 1. The van der Waals surface area contributed by atoms with Gasteiger partial charge < -0.3 is 10.0 Å². The standard InChI is InChI=1S/C16H22N4O/c1-12-10-20(8-7-19(12)11-13(2)21)16-9-17-14-5-3-4-6-15(14)18-16/h3-6,9,12-13,21H,7-8,10-11H2,1-2H3/t12-,13+/m1/s1. The highest BCUT2D eigenvalue weighted by molar-refractivity contribution is 5.75. The molecule has 0 saturated carbocycles. The van der Waals surface area contributed by atoms with Gasteiger partial charge in [-0.1, -0.05) is 12.1 Å². The van der Waals surface area contributed by atoms with Crippen molar-refractivity contribution in [1.29, 1.82) is 0 Å². The lowest BCUT2D eigenvalue weighted by Gasteiger charge is -2.40. The van der Waals surface area contributed by atoms with Gasteiger partial charge in [0.2, 0.25) is 0 Å². The van der Waals surface area contributed by atoms with Crippen molar-refractivity contribution in [2.75, 3.05) is 31.1 Å². The summed E-state index contributed by atoms with van der Waals surface area (Å²) >= 11 is 0. The average molecular weight is 286 g/mol. The van der Waals surface area contributed by atoms with Crippen LogP contribution in [-0.2, 0) is 0 Å². The minimum absolute atomic E-state index is 0.278. The molecular formula is C16H22N4O. The van der Waals surface area contributed by atoms with E-state index in [2.05, 4.69) is 21.7 Å². The van der Waals surface area contributed by atoms with Crippen LogP contribution in [0.15, 0.2) is 30.5 Å². The Hall–Kier alpha value is -1.72. The molecule has 1 aliphatic heterocycles. The summed E-state index contributed by atoms with van der Waals surface area (Å²) < 4.78 is 0. The first kappa shape index (κ1) is 14.2. The number of aliphatic hydroxyl groups is 1. The number of piperazine rings is 1. The number of β-amino-alcohol motifs (C(OH)–C–C–N with tert-alkyl or cyclic N) is 1. The van der Waals surface area contributed by atoms with Crippen molar-refractivity contribution < 1.29 is 5.11 Å². The van der Waals surface area contributed by atoms with Crippen molar-refractivity contribution in [3.8, 4) is 0 Å². The molecule has 2 atom stereocenters. The van der Waals surface area contributed by atoms with Gasteiger partial charge in [-0.05, 0) is 26.0 Å². The SMILES string of the molecule is C[C@H](O)CN1CCN(c2cnc3ccccc3n2)C[C@H]1C. The number of hydrogen-bond acceptors (Lipinski definition) is 5. The van der Waals surface area contributed by atoms with E-state index in [-0.39, 0.29) is 6.10 Å². The zero-order valence-corrected chi connectivity index (χ0v) is 12.6. The maximum Gasteiger partial charge on any atom is 0.147 e. The fourth-order valence-electron chi connectivity index (χ4n) is 2.91. The first-order chi connectivity index (χ1) is 10.1. The van der Waals surface area contributed by atoms with Crippen LogP contribution in [0.25, 0.3) is 11.0 Å². The Morgan fingerprint density at radius 1 is 1.29 bits per heavy atom. The van der Waals surface area contributed by atoms with Crippen LogP contribution in [0.3, 0.4) is 0 Å². The van der Waals surface area contributed by atoms with Crippen molar-refractivity contribution in [1.82, 2.24) is 14.9 Å². The second-order valence-electron chi connectivity index (χ2n) is 5.86. The third-order valence-electron chi connectivity index (χ3n) is 4.02. The summed E-state index contributed by atoms with van der Waals surface area (Å²) in [6, 6.07) is 8.35. The molecule has 112 valence electrons. The minimum atomic E-state index is -0.278. The number of rotatable bonds is 3. The molecule has 0 radical (unpaired) electrons. The molecule has 5 nitrogen and oxygen atoms in total. The van der Waals surface area contributed by atoms with Crippen LogP contribution in [0, 0.1) is 0 Å². The number of fused-ring (bicyclic) bond motifs is 1. The predicted octanol–water partition coefficient (Wildman–Crippen LogP) is 1.52. The van der Waals surface area contributed by atoms with Crippen molar-refractivity contribution in [3.05, 3.63) is 30.5 Å². The van der Waals surface area contributed by atoms with Gasteiger partial charge in [-0.3, -0.25) is 9.88 Å². The van der Waals surface area contributed by atoms with Crippen molar-refractivity contribution >= 4 is 16.9 Å². The summed E-state index contributed by atoms with van der Waals surface area (Å²) in [7, 11) is 0. The maximum absolute atomic E-state index is 9.55. The van der Waals surface area contributed by atoms with Crippen LogP contribution >= 0.6 is 0 Å². The van der Waals surface area contributed by atoms with Gasteiger partial charge in [0.1, 0.15) is 5.82 Å². The van der Waals surface area contributed by atoms with Crippen LogP contribution < -0.4 is 4.90 Å². The van der Waals surface area contributed by atoms with E-state index in [4.69, 9.17) is 4.98 Å². The Kier molecular flexibility index (Phi) is 4.03. The van der Waals surface area contributed by atoms with E-state index < -0.39 is 0 Å². The van der Waals surface area contributed by atoms with Gasteiger partial charge in [0.25, 0.3) is 0 Å². The molecule has 0 unspecified atom stereocenters. The second kappa shape index (κ2) is 5.95. The van der Waals surface area contributed by atoms with Crippen LogP contribution in [0.2, 0.25) is 0 Å². The molecule has 1 aromatic carbocycles. The van der Waals surface area contributed by atoms with E-state index in [0.29, 0.717) is 6.04 Å². The molecule has 1 aliphatic rings. The summed E-state index contributed by atoms with van der Waals surface area (Å²) in [5.41, 5.74) is 1.87. The molecule has 0 amide bonds. The molecule has 2 heterocycles. The Bertz CT molecular complexity index is 616. The van der Waals surface area contributed by atoms with Gasteiger partial charge in [-0.15, -0.1) is 0 Å². The van der Waals surface area contributed by atoms with E-state index in [0.717, 1.165) is 43.0 Å². The fourth-order valence-corrected chi connectivity index (χ4v) is 2.91. The highest BCUT2D eigenvalue weighted by Crippen LogP contribution is 2.19. The second-order valence-corrected chi connectivity index (χ2v) is 5.86. The minimum Gasteiger partial charge on any atom is -0.392 e. The third kappa shape index (κ3) is 3.14. The Morgan fingerprint density at radius 3 is 2.76 bits per heavy atom. The molecule has 1 aromatic heterocycles. The molecule has 0 spiro atoms. The van der Waals surface area contributed by atoms with Gasteiger partial charge in [0.15, 0.2) is 0 Å². The monoisotopic (exact) mass is 286 g/mol. The van der Waals surface area contributed by atoms with Crippen LogP contribution in [0.5, 0.6) is 0 Å².